The predicted octanol–water partition coefficient (Wildman–Crippen LogP) is 4.05. The Morgan fingerprint density at radius 1 is 1.14 bits per heavy atom. The summed E-state index contributed by atoms with van der Waals surface area (Å²) in [5.74, 6) is -2.87. The zero-order valence-corrected chi connectivity index (χ0v) is 15.4. The number of amides is 1. The van der Waals surface area contributed by atoms with Crippen LogP contribution >= 0.6 is 11.3 Å². The fraction of sp³-hybridized carbons (Fsp3) is 0.222. The van der Waals surface area contributed by atoms with Crippen LogP contribution in [0.5, 0.6) is 0 Å². The van der Waals surface area contributed by atoms with Gasteiger partial charge in [0.1, 0.15) is 0 Å². The molecule has 146 valence electrons. The lowest BCUT2D eigenvalue weighted by molar-refractivity contribution is -0.159. The Morgan fingerprint density at radius 3 is 2.46 bits per heavy atom. The van der Waals surface area contributed by atoms with Crippen molar-refractivity contribution in [3.8, 4) is 10.7 Å². The van der Waals surface area contributed by atoms with Crippen LogP contribution < -0.4 is 0 Å². The maximum absolute atomic E-state index is 12.6. The van der Waals surface area contributed by atoms with Crippen LogP contribution in [-0.2, 0) is 17.5 Å². The van der Waals surface area contributed by atoms with Gasteiger partial charge in [0, 0.05) is 17.0 Å². The third-order valence-corrected chi connectivity index (χ3v) is 4.86. The van der Waals surface area contributed by atoms with Gasteiger partial charge in [-0.1, -0.05) is 35.5 Å². The minimum absolute atomic E-state index is 0.141. The number of hydrogen-bond donors (Lipinski definition) is 0. The number of rotatable bonds is 6. The van der Waals surface area contributed by atoms with Crippen molar-refractivity contribution >= 4 is 23.0 Å². The van der Waals surface area contributed by atoms with E-state index in [1.807, 2.05) is 0 Å². The summed E-state index contributed by atoms with van der Waals surface area (Å²) >= 11 is 1.12. The molecule has 10 heteroatoms. The molecule has 2 aromatic heterocycles. The minimum Gasteiger partial charge on any atom is -0.331 e. The number of alkyl halides is 3. The van der Waals surface area contributed by atoms with Crippen LogP contribution in [0.15, 0.2) is 47.0 Å². The molecule has 6 nitrogen and oxygen atoms in total. The summed E-state index contributed by atoms with van der Waals surface area (Å²) in [6.07, 6.45) is -4.71. The Hall–Kier alpha value is -3.01. The molecule has 0 aliphatic heterocycles. The van der Waals surface area contributed by atoms with Crippen molar-refractivity contribution in [2.75, 3.05) is 6.54 Å². The topological polar surface area (TPSA) is 76.3 Å². The molecule has 0 spiro atoms. The Bertz CT molecular complexity index is 983. The third-order valence-electron chi connectivity index (χ3n) is 3.80. The number of halogens is 3. The summed E-state index contributed by atoms with van der Waals surface area (Å²) < 4.78 is 42.0. The molecule has 0 aliphatic carbocycles. The van der Waals surface area contributed by atoms with E-state index in [-0.39, 0.29) is 12.4 Å². The third kappa shape index (κ3) is 4.28. The van der Waals surface area contributed by atoms with Crippen molar-refractivity contribution in [1.29, 1.82) is 0 Å². The molecule has 0 radical (unpaired) electrons. The van der Waals surface area contributed by atoms with Gasteiger partial charge in [-0.25, -0.2) is 0 Å². The van der Waals surface area contributed by atoms with Crippen LogP contribution in [0.2, 0.25) is 0 Å². The SMILES string of the molecule is CCN(Cc1ccc(-c2noc(C(F)(F)F)n2)s1)C(=O)C(=O)c1ccccc1. The van der Waals surface area contributed by atoms with Gasteiger partial charge in [0.15, 0.2) is 0 Å². The normalized spacial score (nSPS) is 11.4. The number of benzene rings is 1. The summed E-state index contributed by atoms with van der Waals surface area (Å²) in [7, 11) is 0. The first-order chi connectivity index (χ1) is 13.3. The maximum Gasteiger partial charge on any atom is 0.471 e. The second-order valence-electron chi connectivity index (χ2n) is 5.70. The molecule has 1 amide bonds. The van der Waals surface area contributed by atoms with Gasteiger partial charge < -0.3 is 9.42 Å². The second kappa shape index (κ2) is 7.93. The number of ketones is 1. The molecule has 3 rings (SSSR count). The molecule has 28 heavy (non-hydrogen) atoms. The number of carbonyl (C=O) groups is 2. The van der Waals surface area contributed by atoms with Crippen LogP contribution in [0, 0.1) is 0 Å². The summed E-state index contributed by atoms with van der Waals surface area (Å²) in [5.41, 5.74) is 0.296. The largest absolute Gasteiger partial charge is 0.471 e. The van der Waals surface area contributed by atoms with E-state index in [0.717, 1.165) is 11.3 Å². The first kappa shape index (κ1) is 19.7. The number of likely N-dealkylation sites (N-methyl/N-ethyl adjacent to an activating group) is 1. The number of carbonyl (C=O) groups excluding carboxylic acids is 2. The van der Waals surface area contributed by atoms with E-state index < -0.39 is 23.8 Å². The standard InChI is InChI=1S/C18H14F3N3O3S/c1-2-24(16(26)14(25)11-6-4-3-5-7-11)10-12-8-9-13(28-12)15-22-17(27-23-15)18(19,20)21/h3-9H,2,10H2,1H3. The smallest absolute Gasteiger partial charge is 0.331 e. The van der Waals surface area contributed by atoms with Gasteiger partial charge in [-0.2, -0.15) is 18.2 Å². The van der Waals surface area contributed by atoms with Crippen LogP contribution in [0.4, 0.5) is 13.2 Å². The first-order valence-corrected chi connectivity index (χ1v) is 9.00. The molecule has 0 N–H and O–H groups in total. The Balaban J connectivity index is 1.73. The number of thiophene rings is 1. The van der Waals surface area contributed by atoms with Crippen molar-refractivity contribution < 1.29 is 27.3 Å². The first-order valence-electron chi connectivity index (χ1n) is 8.18. The van der Waals surface area contributed by atoms with Gasteiger partial charge in [-0.05, 0) is 19.1 Å². The number of aromatic nitrogens is 2. The zero-order valence-electron chi connectivity index (χ0n) is 14.6. The lowest BCUT2D eigenvalue weighted by Gasteiger charge is -2.19. The van der Waals surface area contributed by atoms with Crippen molar-refractivity contribution in [3.05, 3.63) is 58.8 Å². The minimum atomic E-state index is -4.71. The molecule has 0 saturated heterocycles. The molecular weight excluding hydrogens is 395 g/mol. The van der Waals surface area contributed by atoms with Gasteiger partial charge >= 0.3 is 12.1 Å². The van der Waals surface area contributed by atoms with Crippen molar-refractivity contribution in [2.45, 2.75) is 19.6 Å². The molecule has 2 heterocycles. The molecule has 3 aromatic rings. The van der Waals surface area contributed by atoms with E-state index in [4.69, 9.17) is 0 Å². The maximum atomic E-state index is 12.6. The monoisotopic (exact) mass is 409 g/mol. The van der Waals surface area contributed by atoms with Gasteiger partial charge in [0.05, 0.1) is 11.4 Å². The quantitative estimate of drug-likeness (QED) is 0.454. The summed E-state index contributed by atoms with van der Waals surface area (Å²) in [6.45, 7) is 2.17. The fourth-order valence-corrected chi connectivity index (χ4v) is 3.34. The number of Topliss-reactive ketones (excluding diaryl/α,β-unsaturated/α-hetero) is 1. The van der Waals surface area contributed by atoms with E-state index in [1.54, 1.807) is 49.4 Å². The Kier molecular flexibility index (Phi) is 5.59. The Morgan fingerprint density at radius 2 is 1.86 bits per heavy atom. The van der Waals surface area contributed by atoms with Crippen molar-refractivity contribution in [1.82, 2.24) is 15.0 Å². The highest BCUT2D eigenvalue weighted by Gasteiger charge is 2.38. The molecule has 0 bridgehead atoms. The molecule has 0 atom stereocenters. The molecule has 0 saturated carbocycles. The molecule has 0 aliphatic rings. The van der Waals surface area contributed by atoms with Gasteiger partial charge in [-0.3, -0.25) is 9.59 Å². The average molecular weight is 409 g/mol. The van der Waals surface area contributed by atoms with E-state index in [0.29, 0.717) is 21.9 Å². The fourth-order valence-electron chi connectivity index (χ4n) is 2.39. The van der Waals surface area contributed by atoms with Crippen molar-refractivity contribution in [2.24, 2.45) is 0 Å². The van der Waals surface area contributed by atoms with Crippen LogP contribution in [0.1, 0.15) is 28.0 Å². The number of nitrogens with zero attached hydrogens (tertiary/aromatic N) is 3. The Labute approximate surface area is 161 Å². The predicted molar refractivity (Wildman–Crippen MR) is 94.5 cm³/mol. The lowest BCUT2D eigenvalue weighted by atomic mass is 10.1. The van der Waals surface area contributed by atoms with Crippen LogP contribution in [-0.4, -0.2) is 33.3 Å². The summed E-state index contributed by atoms with van der Waals surface area (Å²) in [4.78, 5) is 30.6. The average Bonchev–Trinajstić information content (AvgIpc) is 3.34. The van der Waals surface area contributed by atoms with Crippen LogP contribution in [0.3, 0.4) is 0 Å². The van der Waals surface area contributed by atoms with E-state index in [1.165, 1.54) is 4.90 Å². The molecular formula is C18H14F3N3O3S. The number of hydrogen-bond acceptors (Lipinski definition) is 6. The van der Waals surface area contributed by atoms with Gasteiger partial charge in [-0.15, -0.1) is 11.3 Å². The molecule has 1 aromatic carbocycles. The van der Waals surface area contributed by atoms with Gasteiger partial charge in [0.25, 0.3) is 5.91 Å². The molecule has 0 unspecified atom stereocenters. The molecule has 0 fully saturated rings. The zero-order chi connectivity index (χ0) is 20.3. The highest BCUT2D eigenvalue weighted by Crippen LogP contribution is 2.32. The van der Waals surface area contributed by atoms with Crippen molar-refractivity contribution in [3.63, 3.8) is 0 Å². The van der Waals surface area contributed by atoms with Crippen LogP contribution in [0.25, 0.3) is 10.7 Å². The van der Waals surface area contributed by atoms with E-state index >= 15 is 0 Å². The second-order valence-corrected chi connectivity index (χ2v) is 6.87. The van der Waals surface area contributed by atoms with E-state index in [9.17, 15) is 22.8 Å². The van der Waals surface area contributed by atoms with E-state index in [2.05, 4.69) is 14.7 Å². The highest BCUT2D eigenvalue weighted by atomic mass is 32.1. The summed E-state index contributed by atoms with van der Waals surface area (Å²) in [6, 6.07) is 11.4. The lowest BCUT2D eigenvalue weighted by Crippen LogP contribution is -2.35. The highest BCUT2D eigenvalue weighted by molar-refractivity contribution is 7.15. The van der Waals surface area contributed by atoms with Gasteiger partial charge in [0.2, 0.25) is 11.6 Å². The summed E-state index contributed by atoms with van der Waals surface area (Å²) in [5, 5.41) is 3.34.